The van der Waals surface area contributed by atoms with E-state index in [2.05, 4.69) is 0 Å². The Balaban J connectivity index is 1.74. The largest absolute Gasteiger partial charge is 0.481 e. The Hall–Kier alpha value is -1.84. The molecule has 20 heavy (non-hydrogen) atoms. The monoisotopic (exact) mass is 273 g/mol. The number of hydrogen-bond donors (Lipinski definition) is 1. The standard InChI is InChI=1S/C16H19NO3/c18-15(19)10-11-8-13-6-7-14(9-11)17(13)16(20)12-4-2-1-3-5-12/h1-5,11,13-14H,6-10H2,(H,18,19). The predicted octanol–water partition coefficient (Wildman–Crippen LogP) is 2.54. The molecule has 4 nitrogen and oxygen atoms in total. The molecule has 0 saturated carbocycles. The van der Waals surface area contributed by atoms with Crippen molar-refractivity contribution in [2.45, 2.75) is 44.2 Å². The number of amides is 1. The van der Waals surface area contributed by atoms with Crippen molar-refractivity contribution in [3.63, 3.8) is 0 Å². The van der Waals surface area contributed by atoms with Gasteiger partial charge in [-0.15, -0.1) is 0 Å². The maximum absolute atomic E-state index is 12.6. The van der Waals surface area contributed by atoms with E-state index in [-0.39, 0.29) is 30.3 Å². The molecule has 2 heterocycles. The number of carbonyl (C=O) groups is 2. The average molecular weight is 273 g/mol. The van der Waals surface area contributed by atoms with Gasteiger partial charge >= 0.3 is 5.97 Å². The van der Waals surface area contributed by atoms with Gasteiger partial charge in [-0.3, -0.25) is 9.59 Å². The molecule has 3 rings (SSSR count). The second-order valence-electron chi connectivity index (χ2n) is 5.90. The van der Waals surface area contributed by atoms with Crippen LogP contribution in [-0.4, -0.2) is 34.0 Å². The number of carbonyl (C=O) groups excluding carboxylic acids is 1. The summed E-state index contributed by atoms with van der Waals surface area (Å²) in [5, 5.41) is 8.93. The normalized spacial score (nSPS) is 28.4. The summed E-state index contributed by atoms with van der Waals surface area (Å²) in [6.45, 7) is 0. The summed E-state index contributed by atoms with van der Waals surface area (Å²) in [7, 11) is 0. The second-order valence-corrected chi connectivity index (χ2v) is 5.90. The van der Waals surface area contributed by atoms with Crippen LogP contribution in [0.15, 0.2) is 30.3 Å². The van der Waals surface area contributed by atoms with Crippen LogP contribution in [0.25, 0.3) is 0 Å². The number of nitrogens with zero attached hydrogens (tertiary/aromatic N) is 1. The first-order valence-electron chi connectivity index (χ1n) is 7.24. The van der Waals surface area contributed by atoms with Crippen LogP contribution in [0.3, 0.4) is 0 Å². The molecular formula is C16H19NO3. The summed E-state index contributed by atoms with van der Waals surface area (Å²) in [4.78, 5) is 25.5. The van der Waals surface area contributed by atoms with Crippen molar-refractivity contribution in [3.05, 3.63) is 35.9 Å². The first-order valence-corrected chi connectivity index (χ1v) is 7.24. The summed E-state index contributed by atoms with van der Waals surface area (Å²) in [6.07, 6.45) is 3.93. The molecule has 0 spiro atoms. The summed E-state index contributed by atoms with van der Waals surface area (Å²) in [5.41, 5.74) is 0.737. The van der Waals surface area contributed by atoms with E-state index < -0.39 is 5.97 Å². The number of piperidine rings is 1. The SMILES string of the molecule is O=C(O)CC1CC2CCC(C1)N2C(=O)c1ccccc1. The fraction of sp³-hybridized carbons (Fsp3) is 0.500. The van der Waals surface area contributed by atoms with Crippen molar-refractivity contribution in [2.24, 2.45) is 5.92 Å². The van der Waals surface area contributed by atoms with Gasteiger partial charge in [0.1, 0.15) is 0 Å². The molecule has 0 aromatic heterocycles. The van der Waals surface area contributed by atoms with Gasteiger partial charge in [-0.1, -0.05) is 18.2 Å². The van der Waals surface area contributed by atoms with E-state index in [1.807, 2.05) is 35.2 Å². The highest BCUT2D eigenvalue weighted by molar-refractivity contribution is 5.94. The van der Waals surface area contributed by atoms with E-state index >= 15 is 0 Å². The van der Waals surface area contributed by atoms with E-state index in [4.69, 9.17) is 5.11 Å². The molecular weight excluding hydrogens is 254 g/mol. The Morgan fingerprint density at radius 2 is 1.70 bits per heavy atom. The fourth-order valence-electron chi connectivity index (χ4n) is 3.76. The van der Waals surface area contributed by atoms with Crippen LogP contribution in [0.4, 0.5) is 0 Å². The lowest BCUT2D eigenvalue weighted by Gasteiger charge is -2.38. The van der Waals surface area contributed by atoms with Crippen molar-refractivity contribution < 1.29 is 14.7 Å². The number of hydrogen-bond acceptors (Lipinski definition) is 2. The van der Waals surface area contributed by atoms with E-state index in [9.17, 15) is 9.59 Å². The molecule has 0 aliphatic carbocycles. The first kappa shape index (κ1) is 13.2. The van der Waals surface area contributed by atoms with Gasteiger partial charge in [0, 0.05) is 24.1 Å². The van der Waals surface area contributed by atoms with Gasteiger partial charge in [0.25, 0.3) is 5.91 Å². The van der Waals surface area contributed by atoms with Crippen LogP contribution in [0.1, 0.15) is 42.5 Å². The average Bonchev–Trinajstić information content (AvgIpc) is 2.70. The summed E-state index contributed by atoms with van der Waals surface area (Å²) >= 11 is 0. The molecule has 4 heteroatoms. The Morgan fingerprint density at radius 1 is 1.10 bits per heavy atom. The molecule has 1 aromatic carbocycles. The zero-order valence-electron chi connectivity index (χ0n) is 11.4. The van der Waals surface area contributed by atoms with Crippen molar-refractivity contribution in [3.8, 4) is 0 Å². The Bertz CT molecular complexity index is 500. The summed E-state index contributed by atoms with van der Waals surface area (Å²) in [6, 6.07) is 9.83. The third kappa shape index (κ3) is 2.42. The van der Waals surface area contributed by atoms with Crippen LogP contribution in [0, 0.1) is 5.92 Å². The molecule has 2 saturated heterocycles. The molecule has 2 atom stereocenters. The molecule has 2 unspecified atom stereocenters. The quantitative estimate of drug-likeness (QED) is 0.920. The molecule has 2 bridgehead atoms. The smallest absolute Gasteiger partial charge is 0.303 e. The molecule has 2 aliphatic heterocycles. The van der Waals surface area contributed by atoms with Crippen molar-refractivity contribution in [1.82, 2.24) is 4.90 Å². The van der Waals surface area contributed by atoms with Crippen molar-refractivity contribution >= 4 is 11.9 Å². The maximum Gasteiger partial charge on any atom is 0.303 e. The van der Waals surface area contributed by atoms with Gasteiger partial charge in [0.15, 0.2) is 0 Å². The number of fused-ring (bicyclic) bond motifs is 2. The minimum Gasteiger partial charge on any atom is -0.481 e. The lowest BCUT2D eigenvalue weighted by Crippen LogP contribution is -2.46. The Morgan fingerprint density at radius 3 is 2.25 bits per heavy atom. The predicted molar refractivity (Wildman–Crippen MR) is 74.4 cm³/mol. The van der Waals surface area contributed by atoms with E-state index in [0.29, 0.717) is 0 Å². The second kappa shape index (κ2) is 5.27. The highest BCUT2D eigenvalue weighted by Crippen LogP contribution is 2.40. The van der Waals surface area contributed by atoms with Gasteiger partial charge in [-0.2, -0.15) is 0 Å². The zero-order chi connectivity index (χ0) is 14.1. The van der Waals surface area contributed by atoms with Crippen LogP contribution in [0.5, 0.6) is 0 Å². The van der Waals surface area contributed by atoms with Crippen LogP contribution < -0.4 is 0 Å². The number of carboxylic acid groups (broad SMARTS) is 1. The van der Waals surface area contributed by atoms with E-state index in [0.717, 1.165) is 31.2 Å². The molecule has 1 aromatic rings. The molecule has 1 amide bonds. The zero-order valence-corrected chi connectivity index (χ0v) is 11.4. The van der Waals surface area contributed by atoms with Gasteiger partial charge in [-0.05, 0) is 43.7 Å². The highest BCUT2D eigenvalue weighted by atomic mass is 16.4. The molecule has 0 radical (unpaired) electrons. The highest BCUT2D eigenvalue weighted by Gasteiger charge is 2.43. The Labute approximate surface area is 118 Å². The third-order valence-electron chi connectivity index (χ3n) is 4.55. The minimum absolute atomic E-state index is 0.104. The van der Waals surface area contributed by atoms with Gasteiger partial charge in [0.2, 0.25) is 0 Å². The Kier molecular flexibility index (Phi) is 3.47. The first-order chi connectivity index (χ1) is 9.65. The van der Waals surface area contributed by atoms with Gasteiger partial charge < -0.3 is 10.0 Å². The van der Waals surface area contributed by atoms with Crippen LogP contribution in [-0.2, 0) is 4.79 Å². The van der Waals surface area contributed by atoms with Crippen molar-refractivity contribution in [1.29, 1.82) is 0 Å². The topological polar surface area (TPSA) is 57.6 Å². The summed E-state index contributed by atoms with van der Waals surface area (Å²) < 4.78 is 0. The fourth-order valence-corrected chi connectivity index (χ4v) is 3.76. The molecule has 2 fully saturated rings. The van der Waals surface area contributed by atoms with Gasteiger partial charge in [-0.25, -0.2) is 0 Å². The minimum atomic E-state index is -0.725. The third-order valence-corrected chi connectivity index (χ3v) is 4.55. The van der Waals surface area contributed by atoms with Crippen LogP contribution in [0.2, 0.25) is 0 Å². The number of rotatable bonds is 3. The number of carboxylic acids is 1. The number of benzene rings is 1. The molecule has 106 valence electrons. The maximum atomic E-state index is 12.6. The van der Waals surface area contributed by atoms with Crippen LogP contribution >= 0.6 is 0 Å². The summed E-state index contributed by atoms with van der Waals surface area (Å²) in [5.74, 6) is -0.395. The molecule has 2 aliphatic rings. The lowest BCUT2D eigenvalue weighted by atomic mass is 9.88. The lowest BCUT2D eigenvalue weighted by molar-refractivity contribution is -0.138. The van der Waals surface area contributed by atoms with Crippen molar-refractivity contribution in [2.75, 3.05) is 0 Å². The van der Waals surface area contributed by atoms with E-state index in [1.54, 1.807) is 0 Å². The van der Waals surface area contributed by atoms with Gasteiger partial charge in [0.05, 0.1) is 0 Å². The number of aliphatic carboxylic acids is 1. The van der Waals surface area contributed by atoms with E-state index in [1.165, 1.54) is 0 Å². The molecule has 1 N–H and O–H groups in total.